The van der Waals surface area contributed by atoms with E-state index in [1.54, 1.807) is 0 Å². The number of carbonyl (C=O) groups excluding carboxylic acids is 1. The minimum absolute atomic E-state index is 0.494. The van der Waals surface area contributed by atoms with Gasteiger partial charge in [0.25, 0.3) is 0 Å². The van der Waals surface area contributed by atoms with Crippen molar-refractivity contribution in [3.05, 3.63) is 0 Å². The highest BCUT2D eigenvalue weighted by molar-refractivity contribution is 5.78. The van der Waals surface area contributed by atoms with Crippen molar-refractivity contribution in [1.29, 1.82) is 0 Å². The van der Waals surface area contributed by atoms with Crippen molar-refractivity contribution in [2.75, 3.05) is 13.1 Å². The number of hydrogen-bond acceptors (Lipinski definition) is 3. The number of rotatable bonds is 22. The molecule has 0 fully saturated rings. The predicted molar refractivity (Wildman–Crippen MR) is 115 cm³/mol. The van der Waals surface area contributed by atoms with Gasteiger partial charge in [-0.1, -0.05) is 89.9 Å². The number of carbonyl (C=O) groups is 1. The van der Waals surface area contributed by atoms with E-state index in [4.69, 9.17) is 11.5 Å². The number of Topliss-reactive ketones (excluding diaryl/α,β-unsaturated/α-hetero) is 1. The molecule has 4 N–H and O–H groups in total. The van der Waals surface area contributed by atoms with Crippen LogP contribution < -0.4 is 11.5 Å². The molecule has 0 aromatic carbocycles. The fourth-order valence-corrected chi connectivity index (χ4v) is 3.53. The minimum Gasteiger partial charge on any atom is -0.330 e. The first kappa shape index (κ1) is 25.6. The molecular weight excluding hydrogens is 320 g/mol. The van der Waals surface area contributed by atoms with Crippen molar-refractivity contribution in [2.24, 2.45) is 11.5 Å². The lowest BCUT2D eigenvalue weighted by Crippen LogP contribution is -1.98. The Balaban J connectivity index is 3.13. The second kappa shape index (κ2) is 22.6. The standard InChI is InChI=1S/C23H48N2O/c24-21-17-13-9-5-1-3-7-11-15-19-23(26)20-16-12-8-4-2-6-10-14-18-22-25/h1-22,24-25H2. The van der Waals surface area contributed by atoms with Crippen molar-refractivity contribution in [1.82, 2.24) is 0 Å². The van der Waals surface area contributed by atoms with Crippen LogP contribution in [0.1, 0.15) is 128 Å². The Morgan fingerprint density at radius 2 is 0.615 bits per heavy atom. The third-order valence-electron chi connectivity index (χ3n) is 5.32. The molecule has 0 saturated carbocycles. The summed E-state index contributed by atoms with van der Waals surface area (Å²) in [4.78, 5) is 11.9. The van der Waals surface area contributed by atoms with Gasteiger partial charge in [0.05, 0.1) is 0 Å². The number of unbranched alkanes of at least 4 members (excludes halogenated alkanes) is 16. The van der Waals surface area contributed by atoms with Crippen molar-refractivity contribution in [3.63, 3.8) is 0 Å². The Bertz CT molecular complexity index is 255. The first-order chi connectivity index (χ1) is 12.8. The lowest BCUT2D eigenvalue weighted by molar-refractivity contribution is -0.119. The lowest BCUT2D eigenvalue weighted by atomic mass is 10.0. The molecule has 0 bridgehead atoms. The summed E-state index contributed by atoms with van der Waals surface area (Å²) < 4.78 is 0. The third-order valence-corrected chi connectivity index (χ3v) is 5.32. The largest absolute Gasteiger partial charge is 0.330 e. The van der Waals surface area contributed by atoms with Gasteiger partial charge in [0.2, 0.25) is 0 Å². The zero-order valence-electron chi connectivity index (χ0n) is 17.6. The molecule has 3 nitrogen and oxygen atoms in total. The SMILES string of the molecule is NCCCCCCCCCCCC(=O)CCCCCCCCCCCN. The van der Waals surface area contributed by atoms with Crippen LogP contribution in [0.4, 0.5) is 0 Å². The van der Waals surface area contributed by atoms with Gasteiger partial charge >= 0.3 is 0 Å². The van der Waals surface area contributed by atoms with Crippen molar-refractivity contribution >= 4 is 5.78 Å². The monoisotopic (exact) mass is 368 g/mol. The van der Waals surface area contributed by atoms with E-state index in [-0.39, 0.29) is 0 Å². The topological polar surface area (TPSA) is 69.1 Å². The fourth-order valence-electron chi connectivity index (χ4n) is 3.53. The maximum Gasteiger partial charge on any atom is 0.132 e. The van der Waals surface area contributed by atoms with Crippen LogP contribution in [0.2, 0.25) is 0 Å². The van der Waals surface area contributed by atoms with Crippen LogP contribution >= 0.6 is 0 Å². The second-order valence-electron chi connectivity index (χ2n) is 7.98. The molecule has 26 heavy (non-hydrogen) atoms. The van der Waals surface area contributed by atoms with Crippen molar-refractivity contribution < 1.29 is 4.79 Å². The Labute approximate surface area is 164 Å². The van der Waals surface area contributed by atoms with Crippen LogP contribution in [0.3, 0.4) is 0 Å². The summed E-state index contributed by atoms with van der Waals surface area (Å²) in [5.74, 6) is 0.494. The van der Waals surface area contributed by atoms with Crippen LogP contribution in [0, 0.1) is 0 Å². The van der Waals surface area contributed by atoms with Gasteiger partial charge in [-0.05, 0) is 38.8 Å². The molecule has 0 aliphatic rings. The molecule has 0 saturated heterocycles. The summed E-state index contributed by atoms with van der Waals surface area (Å²) in [6.45, 7) is 1.67. The summed E-state index contributed by atoms with van der Waals surface area (Å²) in [5, 5.41) is 0. The lowest BCUT2D eigenvalue weighted by Gasteiger charge is -2.04. The van der Waals surface area contributed by atoms with E-state index in [1.165, 1.54) is 103 Å². The average molecular weight is 369 g/mol. The Morgan fingerprint density at radius 3 is 0.885 bits per heavy atom. The third kappa shape index (κ3) is 21.6. The summed E-state index contributed by atoms with van der Waals surface area (Å²) in [5.41, 5.74) is 11.0. The zero-order valence-corrected chi connectivity index (χ0v) is 17.6. The quantitative estimate of drug-likeness (QED) is 0.221. The maximum atomic E-state index is 11.9. The predicted octanol–water partition coefficient (Wildman–Crippen LogP) is 6.27. The van der Waals surface area contributed by atoms with Crippen LogP contribution in [0.15, 0.2) is 0 Å². The zero-order chi connectivity index (χ0) is 19.1. The van der Waals surface area contributed by atoms with E-state index >= 15 is 0 Å². The van der Waals surface area contributed by atoms with Crippen LogP contribution in [0.25, 0.3) is 0 Å². The molecule has 0 rings (SSSR count). The van der Waals surface area contributed by atoms with E-state index in [2.05, 4.69) is 0 Å². The van der Waals surface area contributed by atoms with Gasteiger partial charge in [0, 0.05) is 12.8 Å². The van der Waals surface area contributed by atoms with Gasteiger partial charge in [0.15, 0.2) is 0 Å². The Morgan fingerprint density at radius 1 is 0.385 bits per heavy atom. The molecule has 0 spiro atoms. The fraction of sp³-hybridized carbons (Fsp3) is 0.957. The molecule has 0 atom stereocenters. The van der Waals surface area contributed by atoms with Crippen LogP contribution in [-0.2, 0) is 4.79 Å². The highest BCUT2D eigenvalue weighted by atomic mass is 16.1. The Hall–Kier alpha value is -0.410. The minimum atomic E-state index is 0.494. The van der Waals surface area contributed by atoms with Gasteiger partial charge in [-0.2, -0.15) is 0 Å². The normalized spacial score (nSPS) is 11.2. The summed E-state index contributed by atoms with van der Waals surface area (Å²) in [7, 11) is 0. The summed E-state index contributed by atoms with van der Waals surface area (Å²) >= 11 is 0. The summed E-state index contributed by atoms with van der Waals surface area (Å²) in [6.07, 6.45) is 24.6. The molecule has 0 aliphatic heterocycles. The molecule has 0 unspecified atom stereocenters. The smallest absolute Gasteiger partial charge is 0.132 e. The molecule has 3 heteroatoms. The van der Waals surface area contributed by atoms with Gasteiger partial charge in [0.1, 0.15) is 5.78 Å². The molecule has 156 valence electrons. The molecule has 0 aromatic heterocycles. The van der Waals surface area contributed by atoms with E-state index in [9.17, 15) is 4.79 Å². The maximum absolute atomic E-state index is 11.9. The van der Waals surface area contributed by atoms with E-state index in [0.717, 1.165) is 38.8 Å². The Kier molecular flexibility index (Phi) is 22.3. The van der Waals surface area contributed by atoms with Crippen molar-refractivity contribution in [3.8, 4) is 0 Å². The number of nitrogens with two attached hydrogens (primary N) is 2. The first-order valence-corrected chi connectivity index (χ1v) is 11.7. The van der Waals surface area contributed by atoms with E-state index < -0.39 is 0 Å². The first-order valence-electron chi connectivity index (χ1n) is 11.7. The van der Waals surface area contributed by atoms with Gasteiger partial charge in [-0.15, -0.1) is 0 Å². The molecule has 0 aromatic rings. The molecule has 0 heterocycles. The molecule has 0 radical (unpaired) electrons. The summed E-state index contributed by atoms with van der Waals surface area (Å²) in [6, 6.07) is 0. The van der Waals surface area contributed by atoms with Gasteiger partial charge in [-0.3, -0.25) is 4.79 Å². The van der Waals surface area contributed by atoms with Crippen molar-refractivity contribution in [2.45, 2.75) is 128 Å². The van der Waals surface area contributed by atoms with Gasteiger partial charge < -0.3 is 11.5 Å². The molecule has 0 amide bonds. The van der Waals surface area contributed by atoms with E-state index in [1.807, 2.05) is 0 Å². The van der Waals surface area contributed by atoms with E-state index in [0.29, 0.717) is 5.78 Å². The number of ketones is 1. The van der Waals surface area contributed by atoms with Crippen LogP contribution in [-0.4, -0.2) is 18.9 Å². The second-order valence-corrected chi connectivity index (χ2v) is 7.98. The highest BCUT2D eigenvalue weighted by Crippen LogP contribution is 2.13. The average Bonchev–Trinajstić information content (AvgIpc) is 2.64. The van der Waals surface area contributed by atoms with Gasteiger partial charge in [-0.25, -0.2) is 0 Å². The molecule has 0 aliphatic carbocycles. The molecular formula is C23H48N2O. The number of hydrogen-bond donors (Lipinski definition) is 2. The van der Waals surface area contributed by atoms with Crippen LogP contribution in [0.5, 0.6) is 0 Å². The highest BCUT2D eigenvalue weighted by Gasteiger charge is 2.02.